The Hall–Kier alpha value is -1.94. The third-order valence-electron chi connectivity index (χ3n) is 21.2. The molecule has 0 aliphatic rings. The Morgan fingerprint density at radius 3 is 0.676 bits per heavy atom. The maximum Gasteiger partial charge on any atom is 0.472 e. The Bertz CT molecular complexity index is 2050. The fraction of sp³-hybridized carbons (Fsp3) is 0.953. The second-order valence-electron chi connectivity index (χ2n) is 32.1. The molecule has 3 N–H and O–H groups in total. The van der Waals surface area contributed by atoms with Gasteiger partial charge in [-0.25, -0.2) is 9.13 Å². The molecular weight excluding hydrogens is 1370 g/mol. The van der Waals surface area contributed by atoms with E-state index in [4.69, 9.17) is 37.0 Å². The van der Waals surface area contributed by atoms with Gasteiger partial charge in [-0.15, -0.1) is 0 Å². The van der Waals surface area contributed by atoms with Crippen LogP contribution in [0, 0.1) is 23.7 Å². The van der Waals surface area contributed by atoms with Gasteiger partial charge in [0.15, 0.2) is 12.2 Å². The van der Waals surface area contributed by atoms with Crippen LogP contribution < -0.4 is 0 Å². The molecule has 0 aromatic rings. The highest BCUT2D eigenvalue weighted by Crippen LogP contribution is 2.45. The van der Waals surface area contributed by atoms with Gasteiger partial charge in [0.1, 0.15) is 19.3 Å². The van der Waals surface area contributed by atoms with Crippen molar-refractivity contribution in [3.63, 3.8) is 0 Å². The van der Waals surface area contributed by atoms with Crippen molar-refractivity contribution in [1.29, 1.82) is 0 Å². The van der Waals surface area contributed by atoms with E-state index in [1.165, 1.54) is 244 Å². The molecule has 0 radical (unpaired) electrons. The summed E-state index contributed by atoms with van der Waals surface area (Å²) < 4.78 is 68.9. The van der Waals surface area contributed by atoms with Gasteiger partial charge in [0.05, 0.1) is 26.4 Å². The maximum atomic E-state index is 13.1. The second kappa shape index (κ2) is 74.8. The number of phosphoric ester groups is 2. The molecule has 0 amide bonds. The van der Waals surface area contributed by atoms with Crippen molar-refractivity contribution in [2.45, 2.75) is 465 Å². The van der Waals surface area contributed by atoms with Gasteiger partial charge in [0.25, 0.3) is 0 Å². The highest BCUT2D eigenvalue weighted by atomic mass is 31.2. The van der Waals surface area contributed by atoms with Crippen molar-refractivity contribution in [3.05, 3.63) is 0 Å². The molecular formula is C86H168O17P2. The van der Waals surface area contributed by atoms with Gasteiger partial charge in [-0.05, 0) is 49.4 Å². The summed E-state index contributed by atoms with van der Waals surface area (Å²) in [4.78, 5) is 73.2. The van der Waals surface area contributed by atoms with Crippen molar-refractivity contribution < 1.29 is 80.2 Å². The monoisotopic (exact) mass is 1540 g/mol. The minimum absolute atomic E-state index is 0.107. The number of aliphatic hydroxyl groups excluding tert-OH is 1. The fourth-order valence-corrected chi connectivity index (χ4v) is 14.8. The standard InChI is InChI=1S/C86H168O17P2/c1-9-77(6)63-55-47-39-33-27-23-19-14-12-13-15-20-24-28-36-42-52-60-68-85(90)102-81(72-96-83(88)66-58-50-41-35-31-30-34-40-48-56-64-78(7)10-2)74-100-104(92,93)98-70-80(87)71-99-105(94,95)101-75-82(73-97-84(89)67-59-51-45-44-49-57-65-79(8)11-3)103-86(91)69-61-53-43-37-29-25-21-17-16-18-22-26-32-38-46-54-62-76(4)5/h76-82,87H,9-75H2,1-8H3,(H,92,93)(H,94,95)/t77?,78?,79?,80-,81-,82-/m1/s1. The van der Waals surface area contributed by atoms with Crippen LogP contribution in [0.3, 0.4) is 0 Å². The summed E-state index contributed by atoms with van der Waals surface area (Å²) in [5.74, 6) is 1.11. The van der Waals surface area contributed by atoms with Crippen LogP contribution in [0.15, 0.2) is 0 Å². The average Bonchev–Trinajstić information content (AvgIpc) is 0.917. The molecule has 0 rings (SSSR count). The number of carbonyl (C=O) groups excluding carboxylic acids is 4. The van der Waals surface area contributed by atoms with E-state index in [2.05, 4.69) is 55.4 Å². The summed E-state index contributed by atoms with van der Waals surface area (Å²) in [6.45, 7) is 14.4. The third kappa shape index (κ3) is 75.9. The SMILES string of the molecule is CCC(C)CCCCCCCCCCCCCCCCCCCCC(=O)O[C@H](COC(=O)CCCCCCCCCCCCC(C)CC)COP(=O)(O)OC[C@@H](O)COP(=O)(O)OC[C@@H](COC(=O)CCCCCCCCC(C)CC)OC(=O)CCCCCCCCCCCCCCCCCCC(C)C. The Balaban J connectivity index is 5.21. The first kappa shape index (κ1) is 103. The smallest absolute Gasteiger partial charge is 0.462 e. The van der Waals surface area contributed by atoms with Gasteiger partial charge < -0.3 is 33.8 Å². The van der Waals surface area contributed by atoms with E-state index >= 15 is 0 Å². The van der Waals surface area contributed by atoms with E-state index in [9.17, 15) is 43.2 Å². The van der Waals surface area contributed by atoms with Gasteiger partial charge in [0.2, 0.25) is 0 Å². The lowest BCUT2D eigenvalue weighted by molar-refractivity contribution is -0.161. The van der Waals surface area contributed by atoms with Crippen LogP contribution in [0.4, 0.5) is 0 Å². The Kier molecular flexibility index (Phi) is 73.4. The number of hydrogen-bond acceptors (Lipinski definition) is 15. The van der Waals surface area contributed by atoms with Crippen molar-refractivity contribution in [2.75, 3.05) is 39.6 Å². The molecule has 0 saturated carbocycles. The van der Waals surface area contributed by atoms with Gasteiger partial charge in [-0.1, -0.05) is 396 Å². The first-order valence-corrected chi connectivity index (χ1v) is 47.3. The van der Waals surface area contributed by atoms with Crippen LogP contribution in [0.1, 0.15) is 447 Å². The summed E-state index contributed by atoms with van der Waals surface area (Å²) in [6, 6.07) is 0. The number of phosphoric acid groups is 2. The zero-order valence-electron chi connectivity index (χ0n) is 69.4. The molecule has 5 unspecified atom stereocenters. The summed E-state index contributed by atoms with van der Waals surface area (Å²) in [5, 5.41) is 10.7. The van der Waals surface area contributed by atoms with Gasteiger partial charge in [0, 0.05) is 25.7 Å². The quantitative estimate of drug-likeness (QED) is 0.0222. The molecule has 0 aliphatic carbocycles. The van der Waals surface area contributed by atoms with Crippen LogP contribution in [-0.4, -0.2) is 96.7 Å². The molecule has 0 bridgehead atoms. The predicted molar refractivity (Wildman–Crippen MR) is 432 cm³/mol. The van der Waals surface area contributed by atoms with Gasteiger partial charge in [-0.3, -0.25) is 37.3 Å². The van der Waals surface area contributed by atoms with E-state index in [0.29, 0.717) is 25.7 Å². The molecule has 105 heavy (non-hydrogen) atoms. The average molecular weight is 1540 g/mol. The van der Waals surface area contributed by atoms with E-state index in [1.54, 1.807) is 0 Å². The van der Waals surface area contributed by atoms with Crippen molar-refractivity contribution in [2.24, 2.45) is 23.7 Å². The lowest BCUT2D eigenvalue weighted by atomic mass is 9.99. The maximum absolute atomic E-state index is 13.1. The molecule has 0 fully saturated rings. The van der Waals surface area contributed by atoms with Crippen LogP contribution in [0.5, 0.6) is 0 Å². The normalized spacial score (nSPS) is 14.7. The first-order chi connectivity index (χ1) is 50.7. The highest BCUT2D eigenvalue weighted by molar-refractivity contribution is 7.47. The summed E-state index contributed by atoms with van der Waals surface area (Å²) in [7, 11) is -9.93. The number of unbranched alkanes of at least 4 members (excludes halogenated alkanes) is 46. The number of carbonyl (C=O) groups is 4. The summed E-state index contributed by atoms with van der Waals surface area (Å²) >= 11 is 0. The molecule has 8 atom stereocenters. The minimum atomic E-state index is -4.97. The van der Waals surface area contributed by atoms with Crippen LogP contribution >= 0.6 is 15.6 Å². The molecule has 17 nitrogen and oxygen atoms in total. The lowest BCUT2D eigenvalue weighted by Gasteiger charge is -2.21. The Morgan fingerprint density at radius 2 is 0.457 bits per heavy atom. The largest absolute Gasteiger partial charge is 0.472 e. The molecule has 0 spiro atoms. The molecule has 0 aromatic carbocycles. The molecule has 0 aliphatic heterocycles. The van der Waals surface area contributed by atoms with E-state index in [0.717, 1.165) is 120 Å². The topological polar surface area (TPSA) is 237 Å². The van der Waals surface area contributed by atoms with Crippen LogP contribution in [-0.2, 0) is 65.4 Å². The number of hydrogen-bond donors (Lipinski definition) is 3. The molecule has 0 aromatic heterocycles. The third-order valence-corrected chi connectivity index (χ3v) is 23.1. The number of rotatable bonds is 83. The minimum Gasteiger partial charge on any atom is -0.462 e. The predicted octanol–water partition coefficient (Wildman–Crippen LogP) is 25.9. The van der Waals surface area contributed by atoms with Crippen molar-refractivity contribution >= 4 is 39.5 Å². The summed E-state index contributed by atoms with van der Waals surface area (Å²) in [5.41, 5.74) is 0. The second-order valence-corrected chi connectivity index (χ2v) is 35.0. The van der Waals surface area contributed by atoms with E-state index in [-0.39, 0.29) is 25.7 Å². The van der Waals surface area contributed by atoms with Gasteiger partial charge in [-0.2, -0.15) is 0 Å². The molecule has 624 valence electrons. The van der Waals surface area contributed by atoms with E-state index in [1.807, 2.05) is 0 Å². The van der Waals surface area contributed by atoms with Crippen LogP contribution in [0.25, 0.3) is 0 Å². The molecule has 0 heterocycles. The number of esters is 4. The van der Waals surface area contributed by atoms with Crippen molar-refractivity contribution in [3.8, 4) is 0 Å². The van der Waals surface area contributed by atoms with Crippen molar-refractivity contribution in [1.82, 2.24) is 0 Å². The van der Waals surface area contributed by atoms with Gasteiger partial charge >= 0.3 is 39.5 Å². The highest BCUT2D eigenvalue weighted by Gasteiger charge is 2.31. The van der Waals surface area contributed by atoms with Crippen LogP contribution in [0.2, 0.25) is 0 Å². The molecule has 0 saturated heterocycles. The Morgan fingerprint density at radius 1 is 0.267 bits per heavy atom. The summed E-state index contributed by atoms with van der Waals surface area (Å²) in [6.07, 6.45) is 63.8. The fourth-order valence-electron chi connectivity index (χ4n) is 13.2. The molecule has 19 heteroatoms. The zero-order valence-corrected chi connectivity index (χ0v) is 71.2. The van der Waals surface area contributed by atoms with E-state index < -0.39 is 97.5 Å². The number of aliphatic hydroxyl groups is 1. The zero-order chi connectivity index (χ0) is 77.4. The number of ether oxygens (including phenoxy) is 4. The first-order valence-electron chi connectivity index (χ1n) is 44.3. The lowest BCUT2D eigenvalue weighted by Crippen LogP contribution is -2.30. The Labute approximate surface area is 645 Å².